The van der Waals surface area contributed by atoms with Gasteiger partial charge in [-0.2, -0.15) is 0 Å². The number of furan rings is 1. The van der Waals surface area contributed by atoms with Crippen molar-refractivity contribution in [3.8, 4) is 44.5 Å². The average Bonchev–Trinajstić information content (AvgIpc) is 4.14. The van der Waals surface area contributed by atoms with Crippen LogP contribution < -0.4 is 4.90 Å². The Hall–Kier alpha value is -7.46. The summed E-state index contributed by atoms with van der Waals surface area (Å²) in [6, 6.07) is 71.2. The molecule has 0 fully saturated rings. The lowest BCUT2D eigenvalue weighted by Gasteiger charge is -2.34. The highest BCUT2D eigenvalue weighted by molar-refractivity contribution is 6.07. The second kappa shape index (κ2) is 13.6. The molecule has 9 aromatic carbocycles. The van der Waals surface area contributed by atoms with Gasteiger partial charge in [0.05, 0.1) is 11.1 Å². The van der Waals surface area contributed by atoms with Crippen molar-refractivity contribution in [1.82, 2.24) is 4.90 Å². The lowest BCUT2D eigenvalue weighted by molar-refractivity contribution is 0.136. The van der Waals surface area contributed by atoms with Crippen molar-refractivity contribution in [2.24, 2.45) is 0 Å². The zero-order chi connectivity index (χ0) is 45.0. The second-order valence-electron chi connectivity index (χ2n) is 20.8. The Bertz CT molecular complexity index is 3700. The van der Waals surface area contributed by atoms with Crippen molar-refractivity contribution in [2.45, 2.75) is 64.1 Å². The fourth-order valence-electron chi connectivity index (χ4n) is 12.7. The van der Waals surface area contributed by atoms with Gasteiger partial charge in [0, 0.05) is 57.8 Å². The van der Waals surface area contributed by atoms with E-state index in [2.05, 4.69) is 232 Å². The molecule has 14 rings (SSSR count). The first-order valence-electron chi connectivity index (χ1n) is 23.9. The summed E-state index contributed by atoms with van der Waals surface area (Å²) in [6.45, 7) is 13.7. The third-order valence-electron chi connectivity index (χ3n) is 16.0. The highest BCUT2D eigenvalue weighted by Gasteiger charge is 2.52. The van der Waals surface area contributed by atoms with E-state index in [0.29, 0.717) is 0 Å². The number of anilines is 3. The molecule has 1 spiro atoms. The van der Waals surface area contributed by atoms with Crippen LogP contribution in [0.2, 0.25) is 0 Å². The maximum atomic E-state index is 6.71. The number of para-hydroxylation sites is 1. The van der Waals surface area contributed by atoms with Crippen LogP contribution in [-0.2, 0) is 23.9 Å². The van der Waals surface area contributed by atoms with Gasteiger partial charge in [0.25, 0.3) is 0 Å². The first-order chi connectivity index (χ1) is 32.6. The molecule has 0 saturated heterocycles. The van der Waals surface area contributed by atoms with E-state index in [4.69, 9.17) is 4.42 Å². The Labute approximate surface area is 392 Å². The normalized spacial score (nSPS) is 15.6. The molecule has 0 bridgehead atoms. The fraction of sp³-hybridized carbons (Fsp3) is 0.156. The predicted molar refractivity (Wildman–Crippen MR) is 277 cm³/mol. The van der Waals surface area contributed by atoms with E-state index in [-0.39, 0.29) is 11.0 Å². The van der Waals surface area contributed by atoms with Gasteiger partial charge in [-0.1, -0.05) is 147 Å². The number of nitrogens with zero attached hydrogens (tertiary/aromatic N) is 2. The van der Waals surface area contributed by atoms with Crippen molar-refractivity contribution in [2.75, 3.05) is 4.90 Å². The van der Waals surface area contributed by atoms with Crippen molar-refractivity contribution < 1.29 is 4.42 Å². The summed E-state index contributed by atoms with van der Waals surface area (Å²) in [5.74, 6) is 0. The maximum Gasteiger partial charge on any atom is 0.137 e. The summed E-state index contributed by atoms with van der Waals surface area (Å²) in [7, 11) is 0. The Morgan fingerprint density at radius 3 is 1.69 bits per heavy atom. The SMILES string of the molecule is CC1(C)c2ccccc2-c2ccc(N(c3ccc4c(c3)oc3ccccc34)c3cc4c(cc3-c3ccc5c(c3)CN(C(C)(C)C)C5)-c3ccccc3C43c4ccccc4-c4ccccc43)cc21. The molecular formula is C64H50N2O. The van der Waals surface area contributed by atoms with E-state index in [0.717, 1.165) is 52.1 Å². The molecule has 0 N–H and O–H groups in total. The Kier molecular flexibility index (Phi) is 7.85. The fourth-order valence-corrected chi connectivity index (χ4v) is 12.7. The monoisotopic (exact) mass is 862 g/mol. The van der Waals surface area contributed by atoms with Gasteiger partial charge in [-0.15, -0.1) is 0 Å². The Morgan fingerprint density at radius 2 is 0.985 bits per heavy atom. The Balaban J connectivity index is 1.09. The van der Waals surface area contributed by atoms with Gasteiger partial charge < -0.3 is 9.32 Å². The van der Waals surface area contributed by atoms with Gasteiger partial charge in [0.2, 0.25) is 0 Å². The van der Waals surface area contributed by atoms with Crippen LogP contribution in [0.5, 0.6) is 0 Å². The van der Waals surface area contributed by atoms with Gasteiger partial charge in [-0.3, -0.25) is 4.90 Å². The third kappa shape index (κ3) is 5.26. The largest absolute Gasteiger partial charge is 0.456 e. The Morgan fingerprint density at radius 1 is 0.433 bits per heavy atom. The molecule has 3 heteroatoms. The molecule has 0 radical (unpaired) electrons. The van der Waals surface area contributed by atoms with Crippen LogP contribution in [0.4, 0.5) is 17.1 Å². The first-order valence-corrected chi connectivity index (χ1v) is 23.9. The zero-order valence-electron chi connectivity index (χ0n) is 38.6. The van der Waals surface area contributed by atoms with Gasteiger partial charge >= 0.3 is 0 Å². The van der Waals surface area contributed by atoms with E-state index < -0.39 is 5.41 Å². The summed E-state index contributed by atoms with van der Waals surface area (Å²) < 4.78 is 6.71. The van der Waals surface area contributed by atoms with E-state index in [1.54, 1.807) is 0 Å². The van der Waals surface area contributed by atoms with Crippen LogP contribution in [0.1, 0.15) is 79.1 Å². The molecule has 1 aliphatic heterocycles. The molecular weight excluding hydrogens is 813 g/mol. The smallest absolute Gasteiger partial charge is 0.137 e. The van der Waals surface area contributed by atoms with Crippen molar-refractivity contribution in [3.05, 3.63) is 233 Å². The maximum absolute atomic E-state index is 6.71. The summed E-state index contributed by atoms with van der Waals surface area (Å²) in [6.07, 6.45) is 0. The van der Waals surface area contributed by atoms with Crippen LogP contribution in [0.3, 0.4) is 0 Å². The number of benzene rings is 9. The summed E-state index contributed by atoms with van der Waals surface area (Å²) in [4.78, 5) is 5.14. The molecule has 322 valence electrons. The highest BCUT2D eigenvalue weighted by Crippen LogP contribution is 2.64. The minimum absolute atomic E-state index is 0.0664. The van der Waals surface area contributed by atoms with E-state index >= 15 is 0 Å². The van der Waals surface area contributed by atoms with Crippen LogP contribution in [0.25, 0.3) is 66.4 Å². The zero-order valence-corrected chi connectivity index (χ0v) is 38.6. The lowest BCUT2D eigenvalue weighted by Crippen LogP contribution is -2.36. The van der Waals surface area contributed by atoms with Crippen molar-refractivity contribution >= 4 is 39.0 Å². The van der Waals surface area contributed by atoms with E-state index in [9.17, 15) is 0 Å². The molecule has 4 aliphatic rings. The predicted octanol–water partition coefficient (Wildman–Crippen LogP) is 16.5. The number of fused-ring (bicyclic) bond motifs is 17. The molecule has 3 aliphatic carbocycles. The highest BCUT2D eigenvalue weighted by atomic mass is 16.3. The molecule has 67 heavy (non-hydrogen) atoms. The van der Waals surface area contributed by atoms with Gasteiger partial charge in [0.15, 0.2) is 0 Å². The minimum atomic E-state index is -0.506. The van der Waals surface area contributed by atoms with Crippen LogP contribution >= 0.6 is 0 Å². The molecule has 10 aromatic rings. The molecule has 2 heterocycles. The molecule has 0 amide bonds. The van der Waals surface area contributed by atoms with Gasteiger partial charge in [-0.05, 0) is 153 Å². The topological polar surface area (TPSA) is 19.6 Å². The van der Waals surface area contributed by atoms with Crippen molar-refractivity contribution in [1.29, 1.82) is 0 Å². The van der Waals surface area contributed by atoms with Gasteiger partial charge in [-0.25, -0.2) is 0 Å². The molecule has 0 unspecified atom stereocenters. The lowest BCUT2D eigenvalue weighted by atomic mass is 9.70. The number of hydrogen-bond donors (Lipinski definition) is 0. The quantitative estimate of drug-likeness (QED) is 0.176. The van der Waals surface area contributed by atoms with Crippen LogP contribution in [0.15, 0.2) is 192 Å². The summed E-state index contributed by atoms with van der Waals surface area (Å²) >= 11 is 0. The van der Waals surface area contributed by atoms with E-state index in [1.807, 2.05) is 0 Å². The van der Waals surface area contributed by atoms with Crippen molar-refractivity contribution in [3.63, 3.8) is 0 Å². The third-order valence-corrected chi connectivity index (χ3v) is 16.0. The van der Waals surface area contributed by atoms with Crippen LogP contribution in [0, 0.1) is 0 Å². The summed E-state index contributed by atoms with van der Waals surface area (Å²) in [5.41, 5.74) is 25.6. The summed E-state index contributed by atoms with van der Waals surface area (Å²) in [5, 5.41) is 2.25. The standard InChI is InChI=1S/C64H50N2O/c1-62(2,3)65-37-40-27-26-39(32-41(40)38-65)51-35-52-47-19-9-14-24-56(47)64(54-22-12-7-17-45(54)46-18-8-13-23-55(46)64)58(52)36-59(51)66(43-29-31-50-49-20-10-15-25-60(49)67-61(50)34-43)42-28-30-48-44-16-6-11-21-53(44)63(4,5)57(48)33-42/h6-36H,37-38H2,1-5H3. The number of hydrogen-bond acceptors (Lipinski definition) is 3. The van der Waals surface area contributed by atoms with Crippen LogP contribution in [-0.4, -0.2) is 10.4 Å². The molecule has 1 aromatic heterocycles. The molecule has 0 saturated carbocycles. The van der Waals surface area contributed by atoms with E-state index in [1.165, 1.54) is 89.0 Å². The second-order valence-corrected chi connectivity index (χ2v) is 20.8. The minimum Gasteiger partial charge on any atom is -0.456 e. The van der Waals surface area contributed by atoms with Gasteiger partial charge in [0.1, 0.15) is 11.2 Å². The first kappa shape index (κ1) is 38.8. The molecule has 3 nitrogen and oxygen atoms in total. The molecule has 0 atom stereocenters. The number of rotatable bonds is 4. The average molecular weight is 863 g/mol.